The standard InChI is InChI=1S/C13H18BrIN2/c1-13(2)8-16-6-5-12(13)17-9-3-4-11(15)10(14)7-9/h3-4,7,12,16-17H,5-6,8H2,1-2H3. The van der Waals surface area contributed by atoms with E-state index in [1.807, 2.05) is 0 Å². The van der Waals surface area contributed by atoms with Gasteiger partial charge in [-0.2, -0.15) is 0 Å². The Kier molecular flexibility index (Phi) is 4.36. The van der Waals surface area contributed by atoms with Crippen LogP contribution in [0.1, 0.15) is 20.3 Å². The van der Waals surface area contributed by atoms with E-state index in [9.17, 15) is 0 Å². The van der Waals surface area contributed by atoms with Crippen molar-refractivity contribution < 1.29 is 0 Å². The summed E-state index contributed by atoms with van der Waals surface area (Å²) in [6.07, 6.45) is 1.18. The minimum absolute atomic E-state index is 0.299. The predicted octanol–water partition coefficient (Wildman–Crippen LogP) is 3.85. The van der Waals surface area contributed by atoms with Gasteiger partial charge in [-0.15, -0.1) is 0 Å². The quantitative estimate of drug-likeness (QED) is 0.726. The number of anilines is 1. The van der Waals surface area contributed by atoms with E-state index in [0.29, 0.717) is 11.5 Å². The molecule has 1 aromatic carbocycles. The van der Waals surface area contributed by atoms with Gasteiger partial charge in [0.15, 0.2) is 0 Å². The first kappa shape index (κ1) is 13.6. The summed E-state index contributed by atoms with van der Waals surface area (Å²) >= 11 is 5.91. The third kappa shape index (κ3) is 3.35. The Balaban J connectivity index is 2.11. The first-order valence-corrected chi connectivity index (χ1v) is 7.78. The summed E-state index contributed by atoms with van der Waals surface area (Å²) in [5.41, 5.74) is 1.51. The number of nitrogens with one attached hydrogen (secondary N) is 2. The van der Waals surface area contributed by atoms with Crippen molar-refractivity contribution >= 4 is 44.2 Å². The van der Waals surface area contributed by atoms with Crippen LogP contribution in [0.25, 0.3) is 0 Å². The van der Waals surface area contributed by atoms with Crippen LogP contribution in [0.5, 0.6) is 0 Å². The van der Waals surface area contributed by atoms with Gasteiger partial charge in [-0.3, -0.25) is 0 Å². The van der Waals surface area contributed by atoms with Crippen molar-refractivity contribution in [2.75, 3.05) is 18.4 Å². The van der Waals surface area contributed by atoms with Crippen LogP contribution in [0.4, 0.5) is 5.69 Å². The molecule has 0 aromatic heterocycles. The van der Waals surface area contributed by atoms with Crippen LogP contribution in [0.15, 0.2) is 22.7 Å². The number of hydrogen-bond acceptors (Lipinski definition) is 2. The number of rotatable bonds is 2. The van der Waals surface area contributed by atoms with Crippen LogP contribution < -0.4 is 10.6 Å². The Morgan fingerprint density at radius 3 is 2.88 bits per heavy atom. The van der Waals surface area contributed by atoms with Gasteiger partial charge < -0.3 is 10.6 Å². The highest BCUT2D eigenvalue weighted by molar-refractivity contribution is 14.1. The normalized spacial score (nSPS) is 23.4. The SMILES string of the molecule is CC1(C)CNCCC1Nc1ccc(I)c(Br)c1. The van der Waals surface area contributed by atoms with Gasteiger partial charge in [0.05, 0.1) is 0 Å². The van der Waals surface area contributed by atoms with Crippen molar-refractivity contribution in [2.45, 2.75) is 26.3 Å². The Labute approximate surface area is 125 Å². The maximum atomic E-state index is 3.67. The van der Waals surface area contributed by atoms with Crippen molar-refractivity contribution in [2.24, 2.45) is 5.41 Å². The van der Waals surface area contributed by atoms with Crippen LogP contribution in [-0.4, -0.2) is 19.1 Å². The van der Waals surface area contributed by atoms with E-state index < -0.39 is 0 Å². The van der Waals surface area contributed by atoms with Crippen LogP contribution in [-0.2, 0) is 0 Å². The van der Waals surface area contributed by atoms with Gasteiger partial charge in [-0.1, -0.05) is 13.8 Å². The Hall–Kier alpha value is 0.190. The predicted molar refractivity (Wildman–Crippen MR) is 85.5 cm³/mol. The average molecular weight is 409 g/mol. The van der Waals surface area contributed by atoms with Crippen LogP contribution in [0, 0.1) is 8.99 Å². The minimum Gasteiger partial charge on any atom is -0.382 e. The molecule has 2 N–H and O–H groups in total. The average Bonchev–Trinajstić information content (AvgIpc) is 2.26. The number of halogens is 2. The summed E-state index contributed by atoms with van der Waals surface area (Å²) in [6.45, 7) is 6.82. The highest BCUT2D eigenvalue weighted by Gasteiger charge is 2.31. The molecule has 94 valence electrons. The Morgan fingerprint density at radius 1 is 1.47 bits per heavy atom. The van der Waals surface area contributed by atoms with E-state index in [-0.39, 0.29) is 0 Å². The minimum atomic E-state index is 0.299. The maximum absolute atomic E-state index is 3.67. The molecule has 4 heteroatoms. The van der Waals surface area contributed by atoms with Crippen molar-refractivity contribution in [1.29, 1.82) is 0 Å². The van der Waals surface area contributed by atoms with E-state index >= 15 is 0 Å². The first-order valence-electron chi connectivity index (χ1n) is 5.91. The molecular weight excluding hydrogens is 391 g/mol. The Morgan fingerprint density at radius 2 is 2.24 bits per heavy atom. The highest BCUT2D eigenvalue weighted by Crippen LogP contribution is 2.30. The van der Waals surface area contributed by atoms with Crippen molar-refractivity contribution in [3.8, 4) is 0 Å². The van der Waals surface area contributed by atoms with Crippen molar-refractivity contribution in [1.82, 2.24) is 5.32 Å². The zero-order chi connectivity index (χ0) is 12.5. The molecule has 0 amide bonds. The smallest absolute Gasteiger partial charge is 0.0354 e. The molecule has 1 heterocycles. The van der Waals surface area contributed by atoms with E-state index in [1.54, 1.807) is 0 Å². The van der Waals surface area contributed by atoms with Crippen LogP contribution in [0.3, 0.4) is 0 Å². The molecule has 0 bridgehead atoms. The second-order valence-electron chi connectivity index (χ2n) is 5.28. The summed E-state index contributed by atoms with van der Waals surface area (Å²) in [5.74, 6) is 0. The van der Waals surface area contributed by atoms with E-state index in [0.717, 1.165) is 17.6 Å². The molecule has 1 saturated heterocycles. The van der Waals surface area contributed by atoms with Crippen LogP contribution in [0.2, 0.25) is 0 Å². The lowest BCUT2D eigenvalue weighted by Gasteiger charge is -2.40. The molecule has 0 aliphatic carbocycles. The van der Waals surface area contributed by atoms with Gasteiger partial charge in [-0.05, 0) is 75.1 Å². The molecule has 2 rings (SSSR count). The molecule has 1 aromatic rings. The fourth-order valence-corrected chi connectivity index (χ4v) is 2.94. The van der Waals surface area contributed by atoms with Gasteiger partial charge in [0.1, 0.15) is 0 Å². The molecule has 0 radical (unpaired) electrons. The topological polar surface area (TPSA) is 24.1 Å². The zero-order valence-electron chi connectivity index (χ0n) is 10.2. The molecule has 1 fully saturated rings. The fraction of sp³-hybridized carbons (Fsp3) is 0.538. The van der Waals surface area contributed by atoms with Gasteiger partial charge >= 0.3 is 0 Å². The number of hydrogen-bond donors (Lipinski definition) is 2. The maximum Gasteiger partial charge on any atom is 0.0354 e. The third-order valence-electron chi connectivity index (χ3n) is 3.39. The highest BCUT2D eigenvalue weighted by atomic mass is 127. The lowest BCUT2D eigenvalue weighted by Crippen LogP contribution is -2.49. The second-order valence-corrected chi connectivity index (χ2v) is 7.30. The Bertz CT molecular complexity index is 406. The van der Waals surface area contributed by atoms with E-state index in [1.165, 1.54) is 15.7 Å². The lowest BCUT2D eigenvalue weighted by atomic mass is 9.80. The molecular formula is C13H18BrIN2. The lowest BCUT2D eigenvalue weighted by molar-refractivity contribution is 0.236. The largest absolute Gasteiger partial charge is 0.382 e. The molecule has 1 aliphatic rings. The van der Waals surface area contributed by atoms with Gasteiger partial charge in [0.2, 0.25) is 0 Å². The summed E-state index contributed by atoms with van der Waals surface area (Å²) in [6, 6.07) is 7.00. The van der Waals surface area contributed by atoms with E-state index in [4.69, 9.17) is 0 Å². The summed E-state index contributed by atoms with van der Waals surface area (Å²) in [7, 11) is 0. The number of piperidine rings is 1. The fourth-order valence-electron chi connectivity index (χ4n) is 2.23. The molecule has 17 heavy (non-hydrogen) atoms. The second kappa shape index (κ2) is 5.45. The summed E-state index contributed by atoms with van der Waals surface area (Å²) in [5, 5.41) is 7.13. The summed E-state index contributed by atoms with van der Waals surface area (Å²) < 4.78 is 2.41. The van der Waals surface area contributed by atoms with E-state index in [2.05, 4.69) is 81.2 Å². The van der Waals surface area contributed by atoms with Gasteiger partial charge in [0, 0.05) is 26.3 Å². The molecule has 0 spiro atoms. The molecule has 1 atom stereocenters. The molecule has 0 saturated carbocycles. The summed E-state index contributed by atoms with van der Waals surface area (Å²) in [4.78, 5) is 0. The molecule has 1 aliphatic heterocycles. The van der Waals surface area contributed by atoms with Gasteiger partial charge in [0.25, 0.3) is 0 Å². The van der Waals surface area contributed by atoms with Crippen molar-refractivity contribution in [3.63, 3.8) is 0 Å². The molecule has 1 unspecified atom stereocenters. The number of benzene rings is 1. The molecule has 2 nitrogen and oxygen atoms in total. The monoisotopic (exact) mass is 408 g/mol. The third-order valence-corrected chi connectivity index (χ3v) is 5.73. The van der Waals surface area contributed by atoms with Gasteiger partial charge in [-0.25, -0.2) is 0 Å². The van der Waals surface area contributed by atoms with Crippen LogP contribution >= 0.6 is 38.5 Å². The van der Waals surface area contributed by atoms with Crippen molar-refractivity contribution in [3.05, 3.63) is 26.2 Å². The first-order chi connectivity index (χ1) is 7.99. The zero-order valence-corrected chi connectivity index (χ0v) is 13.9.